The highest BCUT2D eigenvalue weighted by atomic mass is 16.5. The average molecular weight is 422 g/mol. The summed E-state index contributed by atoms with van der Waals surface area (Å²) in [6.07, 6.45) is 1.47. The fourth-order valence-corrected chi connectivity index (χ4v) is 3.91. The molecule has 0 aliphatic carbocycles. The number of aliphatic hydroxyl groups is 1. The summed E-state index contributed by atoms with van der Waals surface area (Å²) >= 11 is 0. The van der Waals surface area contributed by atoms with Crippen LogP contribution in [-0.2, 0) is 19.6 Å². The topological polar surface area (TPSA) is 69.4 Å². The minimum atomic E-state index is -0.234. The number of para-hydroxylation sites is 1. The van der Waals surface area contributed by atoms with Crippen LogP contribution in [0, 0.1) is 0 Å². The van der Waals surface area contributed by atoms with Crippen molar-refractivity contribution in [1.82, 2.24) is 14.8 Å². The first-order chi connectivity index (χ1) is 14.9. The van der Waals surface area contributed by atoms with Gasteiger partial charge < -0.3 is 14.6 Å². The van der Waals surface area contributed by atoms with Gasteiger partial charge in [0.2, 0.25) is 0 Å². The van der Waals surface area contributed by atoms with Crippen molar-refractivity contribution in [3.63, 3.8) is 0 Å². The second kappa shape index (κ2) is 8.71. The number of ether oxygens (including phenoxy) is 2. The molecule has 4 rings (SSSR count). The van der Waals surface area contributed by atoms with E-state index in [4.69, 9.17) is 14.5 Å². The lowest BCUT2D eigenvalue weighted by molar-refractivity contribution is 0.139. The van der Waals surface area contributed by atoms with Crippen LogP contribution in [0.3, 0.4) is 0 Å². The van der Waals surface area contributed by atoms with E-state index < -0.39 is 0 Å². The molecule has 0 atom stereocenters. The van der Waals surface area contributed by atoms with E-state index in [0.717, 1.165) is 29.3 Å². The molecule has 0 unspecified atom stereocenters. The summed E-state index contributed by atoms with van der Waals surface area (Å²) < 4.78 is 14.0. The molecule has 164 valence electrons. The lowest BCUT2D eigenvalue weighted by Gasteiger charge is -2.18. The molecular formula is C25H31N3O3. The van der Waals surface area contributed by atoms with Gasteiger partial charge in [0.15, 0.2) is 11.6 Å². The third-order valence-electron chi connectivity index (χ3n) is 5.49. The predicted molar refractivity (Wildman–Crippen MR) is 120 cm³/mol. The van der Waals surface area contributed by atoms with E-state index in [1.54, 1.807) is 0 Å². The van der Waals surface area contributed by atoms with Crippen LogP contribution in [0.25, 0.3) is 11.4 Å². The summed E-state index contributed by atoms with van der Waals surface area (Å²) in [6.45, 7) is 9.49. The monoisotopic (exact) mass is 421 g/mol. The van der Waals surface area contributed by atoms with Crippen molar-refractivity contribution >= 4 is 0 Å². The molecule has 1 aliphatic rings. The third kappa shape index (κ3) is 4.74. The van der Waals surface area contributed by atoms with Gasteiger partial charge in [0.05, 0.1) is 5.56 Å². The van der Waals surface area contributed by atoms with E-state index in [0.29, 0.717) is 24.7 Å². The molecule has 0 radical (unpaired) electrons. The Labute approximate surface area is 183 Å². The first kappa shape index (κ1) is 21.4. The number of benzene rings is 2. The molecule has 31 heavy (non-hydrogen) atoms. The largest absolute Gasteiger partial charge is 0.486 e. The first-order valence-electron chi connectivity index (χ1n) is 10.9. The zero-order chi connectivity index (χ0) is 22.0. The maximum Gasteiger partial charge on any atom is 0.188 e. The predicted octanol–water partition coefficient (Wildman–Crippen LogP) is 4.74. The van der Waals surface area contributed by atoms with Crippen molar-refractivity contribution in [2.24, 2.45) is 0 Å². The highest BCUT2D eigenvalue weighted by Crippen LogP contribution is 2.41. The fraction of sp³-hybridized carbons (Fsp3) is 0.440. The first-order valence-corrected chi connectivity index (χ1v) is 10.9. The Kier molecular flexibility index (Phi) is 6.01. The minimum Gasteiger partial charge on any atom is -0.486 e. The summed E-state index contributed by atoms with van der Waals surface area (Å²) in [5.74, 6) is 3.51. The molecule has 0 bridgehead atoms. The molecule has 1 N–H and O–H groups in total. The number of aryl methyl sites for hydroxylation is 1. The lowest BCUT2D eigenvalue weighted by atomic mass is 10.0. The van der Waals surface area contributed by atoms with Gasteiger partial charge in [-0.3, -0.25) is 0 Å². The number of nitrogens with zero attached hydrogens (tertiary/aromatic N) is 3. The van der Waals surface area contributed by atoms with Crippen LogP contribution in [-0.4, -0.2) is 32.1 Å². The standard InChI is InChI=1S/C25H31N3O3/c1-17(2)18-9-11-20(12-10-18)30-16-22-26-24(28(27-22)13-6-14-29)21-8-5-7-19-15-25(3,4)31-23(19)21/h5,7-12,17,29H,6,13-16H2,1-4H3. The van der Waals surface area contributed by atoms with Crippen molar-refractivity contribution < 1.29 is 14.6 Å². The summed E-state index contributed by atoms with van der Waals surface area (Å²) in [6, 6.07) is 14.3. The van der Waals surface area contributed by atoms with Gasteiger partial charge in [-0.15, -0.1) is 0 Å². The summed E-state index contributed by atoms with van der Waals surface area (Å²) in [5, 5.41) is 14.0. The fourth-order valence-electron chi connectivity index (χ4n) is 3.91. The molecule has 0 amide bonds. The third-order valence-corrected chi connectivity index (χ3v) is 5.49. The van der Waals surface area contributed by atoms with Gasteiger partial charge >= 0.3 is 0 Å². The highest BCUT2D eigenvalue weighted by Gasteiger charge is 2.33. The maximum absolute atomic E-state index is 9.32. The molecule has 2 heterocycles. The Morgan fingerprint density at radius 3 is 2.65 bits per heavy atom. The quantitative estimate of drug-likeness (QED) is 0.569. The van der Waals surface area contributed by atoms with Crippen molar-refractivity contribution in [2.75, 3.05) is 6.61 Å². The smallest absolute Gasteiger partial charge is 0.188 e. The van der Waals surface area contributed by atoms with Crippen LogP contribution in [0.15, 0.2) is 42.5 Å². The van der Waals surface area contributed by atoms with Crippen LogP contribution in [0.2, 0.25) is 0 Å². The Morgan fingerprint density at radius 2 is 1.94 bits per heavy atom. The normalized spacial score (nSPS) is 14.5. The van der Waals surface area contributed by atoms with Crippen LogP contribution in [0.4, 0.5) is 0 Å². The van der Waals surface area contributed by atoms with E-state index in [2.05, 4.69) is 51.0 Å². The average Bonchev–Trinajstić information content (AvgIpc) is 3.29. The lowest BCUT2D eigenvalue weighted by Crippen LogP contribution is -2.24. The van der Waals surface area contributed by atoms with Gasteiger partial charge in [0.25, 0.3) is 0 Å². The van der Waals surface area contributed by atoms with Crippen molar-refractivity contribution in [1.29, 1.82) is 0 Å². The van der Waals surface area contributed by atoms with Crippen molar-refractivity contribution in [3.8, 4) is 22.9 Å². The molecule has 0 fully saturated rings. The number of aliphatic hydroxyl groups excluding tert-OH is 1. The molecule has 6 nitrogen and oxygen atoms in total. The van der Waals surface area contributed by atoms with Crippen molar-refractivity contribution in [2.45, 2.75) is 65.2 Å². The molecule has 0 saturated carbocycles. The van der Waals surface area contributed by atoms with E-state index in [-0.39, 0.29) is 18.8 Å². The molecule has 2 aromatic carbocycles. The molecule has 1 aromatic heterocycles. The number of hydrogen-bond acceptors (Lipinski definition) is 5. The van der Waals surface area contributed by atoms with E-state index in [1.165, 1.54) is 11.1 Å². The van der Waals surface area contributed by atoms with E-state index in [9.17, 15) is 5.11 Å². The second-order valence-corrected chi connectivity index (χ2v) is 9.00. The van der Waals surface area contributed by atoms with E-state index >= 15 is 0 Å². The number of fused-ring (bicyclic) bond motifs is 1. The van der Waals surface area contributed by atoms with Gasteiger partial charge in [0.1, 0.15) is 23.7 Å². The number of hydrogen-bond donors (Lipinski definition) is 1. The Bertz CT molecular complexity index is 1040. The summed E-state index contributed by atoms with van der Waals surface area (Å²) in [7, 11) is 0. The van der Waals surface area contributed by atoms with Crippen molar-refractivity contribution in [3.05, 3.63) is 59.4 Å². The van der Waals surface area contributed by atoms with E-state index in [1.807, 2.05) is 28.9 Å². The highest BCUT2D eigenvalue weighted by molar-refractivity contribution is 5.68. The Balaban J connectivity index is 1.59. The Hall–Kier alpha value is -2.86. The van der Waals surface area contributed by atoms with Gasteiger partial charge in [-0.1, -0.05) is 38.1 Å². The summed E-state index contributed by atoms with van der Waals surface area (Å²) in [5.41, 5.74) is 3.16. The number of aromatic nitrogens is 3. The van der Waals surface area contributed by atoms with Gasteiger partial charge in [-0.05, 0) is 55.5 Å². The summed E-state index contributed by atoms with van der Waals surface area (Å²) in [4.78, 5) is 4.78. The van der Waals surface area contributed by atoms with Crippen LogP contribution in [0.1, 0.15) is 57.0 Å². The maximum atomic E-state index is 9.32. The number of rotatable bonds is 8. The van der Waals surface area contributed by atoms with Gasteiger partial charge in [-0.2, -0.15) is 5.10 Å². The molecule has 0 saturated heterocycles. The molecule has 0 spiro atoms. The van der Waals surface area contributed by atoms with Crippen LogP contribution < -0.4 is 9.47 Å². The molecular weight excluding hydrogens is 390 g/mol. The van der Waals surface area contributed by atoms with Gasteiger partial charge in [0, 0.05) is 19.6 Å². The molecule has 6 heteroatoms. The second-order valence-electron chi connectivity index (χ2n) is 9.00. The Morgan fingerprint density at radius 1 is 1.16 bits per heavy atom. The zero-order valence-electron chi connectivity index (χ0n) is 18.8. The SMILES string of the molecule is CC(C)c1ccc(OCc2nc(-c3cccc4c3OC(C)(C)C4)n(CCCO)n2)cc1. The van der Waals surface area contributed by atoms with Gasteiger partial charge in [-0.25, -0.2) is 9.67 Å². The molecule has 3 aromatic rings. The minimum absolute atomic E-state index is 0.101. The van der Waals surface area contributed by atoms with Crippen LogP contribution >= 0.6 is 0 Å². The molecule has 1 aliphatic heterocycles. The van der Waals surface area contributed by atoms with Crippen LogP contribution in [0.5, 0.6) is 11.5 Å². The zero-order valence-corrected chi connectivity index (χ0v) is 18.8.